The molecule has 1 aliphatic heterocycles. The highest BCUT2D eigenvalue weighted by Crippen LogP contribution is 2.62. The number of hydrogen-bond acceptors (Lipinski definition) is 11. The Morgan fingerprint density at radius 2 is 1.59 bits per heavy atom. The molecular formula is C52H68N2O10. The normalized spacial score (nSPS) is 22.9. The fourth-order valence-corrected chi connectivity index (χ4v) is 9.40. The Balaban J connectivity index is 1.55. The molecule has 1 amide bonds. The Bertz CT molecular complexity index is 2030. The van der Waals surface area contributed by atoms with Crippen LogP contribution in [0, 0.1) is 17.8 Å². The minimum absolute atomic E-state index is 0.0261. The Labute approximate surface area is 379 Å². The first-order valence-corrected chi connectivity index (χ1v) is 22.9. The molecular weight excluding hydrogens is 813 g/mol. The molecule has 3 aliphatic rings. The van der Waals surface area contributed by atoms with Crippen LogP contribution in [0.5, 0.6) is 17.2 Å². The number of carbonyl (C=O) groups is 1. The summed E-state index contributed by atoms with van der Waals surface area (Å²) in [7, 11) is 0. The van der Waals surface area contributed by atoms with Gasteiger partial charge in [0.2, 0.25) is 5.79 Å². The van der Waals surface area contributed by atoms with Gasteiger partial charge in [0.25, 0.3) is 0 Å². The number of amides is 1. The number of aliphatic hydroxyl groups is 3. The summed E-state index contributed by atoms with van der Waals surface area (Å²) in [6.45, 7) is 14.2. The fraction of sp³-hybridized carbons (Fsp3) is 0.500. The molecule has 0 saturated heterocycles. The van der Waals surface area contributed by atoms with Crippen LogP contribution in [-0.2, 0) is 19.0 Å². The zero-order valence-corrected chi connectivity index (χ0v) is 37.9. The van der Waals surface area contributed by atoms with Gasteiger partial charge in [0.1, 0.15) is 28.9 Å². The van der Waals surface area contributed by atoms with Crippen LogP contribution in [0.1, 0.15) is 83.6 Å². The van der Waals surface area contributed by atoms with Crippen LogP contribution < -0.4 is 9.47 Å². The highest BCUT2D eigenvalue weighted by molar-refractivity contribution is 6.03. The van der Waals surface area contributed by atoms with Gasteiger partial charge in [-0.25, -0.2) is 4.79 Å². The number of oxime groups is 1. The van der Waals surface area contributed by atoms with E-state index in [0.29, 0.717) is 42.2 Å². The molecule has 0 spiro atoms. The molecule has 0 unspecified atom stereocenters. The number of aliphatic hydroxyl groups excluding tert-OH is 3. The van der Waals surface area contributed by atoms with Crippen molar-refractivity contribution in [2.45, 2.75) is 95.5 Å². The zero-order chi connectivity index (χ0) is 45.5. The largest absolute Gasteiger partial charge is 0.459 e. The molecule has 0 bridgehead atoms. The lowest BCUT2D eigenvalue weighted by Gasteiger charge is -2.59. The lowest BCUT2D eigenvalue weighted by molar-refractivity contribution is -0.256. The molecule has 346 valence electrons. The standard InChI is InChI=1S/C52H68N2O10/c1-6-8-31-60-50(58)54(26-32-59-33-29-57)47-36-45(53-64-51(3,4)5)43-34-39(18-12-14-27-55)42(19-13-15-28-56)48-44-35-41(24-25-46(44)63-52(47,49(43)48)61-30-7-2)62-40-22-20-38(21-23-40)37-16-10-9-11-17-37/h6-7,9-11,16-17,20-25,34-35,39,42,47-49,55-57H,1-2,8,12-15,18-19,26-33,36H2,3-5H3/t39-,42+,47-,48+,49+,52+/m0/s1. The molecule has 6 rings (SSSR count). The molecule has 3 N–H and O–H groups in total. The van der Waals surface area contributed by atoms with Gasteiger partial charge in [-0.15, -0.1) is 13.2 Å². The SMILES string of the molecule is C=CCCOC(=O)N(CCOCCO)[C@H]1CC(=NOC(C)(C)C)C2=C[C@H](CCCCO)[C@@H](CCCCO)[C@@H]3c4cc(Oc5ccc(-c6ccccc6)cc5)ccc4O[C@@]1(OCC=C)[C@H]23. The molecule has 1 fully saturated rings. The van der Waals surface area contributed by atoms with E-state index in [9.17, 15) is 20.1 Å². The van der Waals surface area contributed by atoms with E-state index >= 15 is 0 Å². The average Bonchev–Trinajstić information content (AvgIpc) is 3.29. The number of fused-ring (bicyclic) bond motifs is 2. The van der Waals surface area contributed by atoms with Crippen LogP contribution in [-0.4, -0.2) is 102 Å². The molecule has 2 aliphatic carbocycles. The number of ether oxygens (including phenoxy) is 5. The van der Waals surface area contributed by atoms with E-state index in [1.807, 2.05) is 63.2 Å². The summed E-state index contributed by atoms with van der Waals surface area (Å²) in [5.41, 5.74) is 4.11. The predicted octanol–water partition coefficient (Wildman–Crippen LogP) is 9.60. The summed E-state index contributed by atoms with van der Waals surface area (Å²) >= 11 is 0. The van der Waals surface area contributed by atoms with E-state index in [1.54, 1.807) is 17.1 Å². The number of nitrogens with zero attached hydrogens (tertiary/aromatic N) is 2. The highest BCUT2D eigenvalue weighted by atomic mass is 16.7. The van der Waals surface area contributed by atoms with Crippen LogP contribution in [0.15, 0.2) is 115 Å². The molecule has 6 atom stereocenters. The van der Waals surface area contributed by atoms with Crippen molar-refractivity contribution in [1.29, 1.82) is 0 Å². The third-order valence-electron chi connectivity index (χ3n) is 12.1. The third-order valence-corrected chi connectivity index (χ3v) is 12.1. The van der Waals surface area contributed by atoms with Crippen LogP contribution >= 0.6 is 0 Å². The maximum atomic E-state index is 14.4. The summed E-state index contributed by atoms with van der Waals surface area (Å²) in [5.74, 6) is -0.228. The predicted molar refractivity (Wildman–Crippen MR) is 249 cm³/mol. The van der Waals surface area contributed by atoms with Gasteiger partial charge in [-0.2, -0.15) is 0 Å². The summed E-state index contributed by atoms with van der Waals surface area (Å²) < 4.78 is 32.7. The minimum Gasteiger partial charge on any atom is -0.459 e. The van der Waals surface area contributed by atoms with Crippen molar-refractivity contribution in [1.82, 2.24) is 4.90 Å². The Morgan fingerprint density at radius 3 is 2.28 bits per heavy atom. The number of benzene rings is 3. The highest BCUT2D eigenvalue weighted by Gasteiger charge is 2.65. The molecule has 0 aromatic heterocycles. The van der Waals surface area contributed by atoms with Crippen LogP contribution in [0.4, 0.5) is 4.79 Å². The van der Waals surface area contributed by atoms with Crippen molar-refractivity contribution < 1.29 is 48.6 Å². The first kappa shape index (κ1) is 48.5. The van der Waals surface area contributed by atoms with E-state index in [1.165, 1.54) is 0 Å². The van der Waals surface area contributed by atoms with Gasteiger partial charge in [-0.3, -0.25) is 4.90 Å². The summed E-state index contributed by atoms with van der Waals surface area (Å²) in [6.07, 6.45) is 10.3. The first-order chi connectivity index (χ1) is 31.1. The quantitative estimate of drug-likeness (QED) is 0.0451. The topological polar surface area (TPSA) is 149 Å². The molecule has 3 aromatic rings. The van der Waals surface area contributed by atoms with Crippen molar-refractivity contribution in [3.8, 4) is 28.4 Å². The van der Waals surface area contributed by atoms with Crippen molar-refractivity contribution >= 4 is 11.8 Å². The average molecular weight is 881 g/mol. The van der Waals surface area contributed by atoms with Crippen LogP contribution in [0.3, 0.4) is 0 Å². The molecule has 1 heterocycles. The lowest BCUT2D eigenvalue weighted by atomic mass is 9.55. The summed E-state index contributed by atoms with van der Waals surface area (Å²) in [4.78, 5) is 22.3. The van der Waals surface area contributed by atoms with Gasteiger partial charge in [0.05, 0.1) is 44.7 Å². The van der Waals surface area contributed by atoms with Gasteiger partial charge < -0.3 is 43.8 Å². The van der Waals surface area contributed by atoms with Gasteiger partial charge in [0.15, 0.2) is 0 Å². The number of rotatable bonds is 24. The van der Waals surface area contributed by atoms with Gasteiger partial charge >= 0.3 is 6.09 Å². The summed E-state index contributed by atoms with van der Waals surface area (Å²) in [6, 6.07) is 23.4. The second-order valence-corrected chi connectivity index (χ2v) is 17.7. The summed E-state index contributed by atoms with van der Waals surface area (Å²) in [5, 5.41) is 34.4. The van der Waals surface area contributed by atoms with Gasteiger partial charge in [-0.05, 0) is 112 Å². The number of hydrogen-bond donors (Lipinski definition) is 3. The monoisotopic (exact) mass is 880 g/mol. The van der Waals surface area contributed by atoms with E-state index in [-0.39, 0.29) is 77.0 Å². The molecule has 12 heteroatoms. The first-order valence-electron chi connectivity index (χ1n) is 22.9. The third kappa shape index (κ3) is 11.8. The second kappa shape index (κ2) is 23.3. The van der Waals surface area contributed by atoms with Crippen molar-refractivity contribution in [3.05, 3.63) is 115 Å². The molecule has 0 radical (unpaired) electrons. The lowest BCUT2D eigenvalue weighted by Crippen LogP contribution is -2.70. The zero-order valence-electron chi connectivity index (χ0n) is 37.9. The second-order valence-electron chi connectivity index (χ2n) is 17.7. The Hall–Kier alpha value is -4.98. The number of unbranched alkanes of at least 4 members (excludes halogenated alkanes) is 2. The number of carbonyl (C=O) groups excluding carboxylic acids is 1. The van der Waals surface area contributed by atoms with E-state index in [2.05, 4.69) is 49.6 Å². The maximum Gasteiger partial charge on any atom is 0.410 e. The molecule has 1 saturated carbocycles. The molecule has 3 aromatic carbocycles. The maximum absolute atomic E-state index is 14.4. The van der Waals surface area contributed by atoms with Crippen LogP contribution in [0.2, 0.25) is 0 Å². The van der Waals surface area contributed by atoms with Crippen molar-refractivity contribution in [3.63, 3.8) is 0 Å². The minimum atomic E-state index is -1.48. The Kier molecular flexibility index (Phi) is 17.6. The molecule has 12 nitrogen and oxygen atoms in total. The van der Waals surface area contributed by atoms with E-state index in [0.717, 1.165) is 47.9 Å². The number of allylic oxidation sites excluding steroid dienone is 1. The Morgan fingerprint density at radius 1 is 0.875 bits per heavy atom. The molecule has 64 heavy (non-hydrogen) atoms. The smallest absolute Gasteiger partial charge is 0.410 e. The van der Waals surface area contributed by atoms with E-state index in [4.69, 9.17) is 33.7 Å². The van der Waals surface area contributed by atoms with Gasteiger partial charge in [-0.1, -0.05) is 78.7 Å². The van der Waals surface area contributed by atoms with Crippen LogP contribution in [0.25, 0.3) is 11.1 Å². The van der Waals surface area contributed by atoms with E-state index < -0.39 is 29.4 Å². The van der Waals surface area contributed by atoms with Gasteiger partial charge in [0, 0.05) is 37.7 Å². The van der Waals surface area contributed by atoms with Crippen molar-refractivity contribution in [2.24, 2.45) is 22.9 Å². The van der Waals surface area contributed by atoms with Crippen molar-refractivity contribution in [2.75, 3.05) is 52.8 Å². The fourth-order valence-electron chi connectivity index (χ4n) is 9.40.